The molecule has 0 heterocycles. The highest BCUT2D eigenvalue weighted by atomic mass is 79.9. The normalized spacial score (nSPS) is 14.8. The Bertz CT molecular complexity index is 379. The van der Waals surface area contributed by atoms with Crippen LogP contribution in [0.3, 0.4) is 0 Å². The summed E-state index contributed by atoms with van der Waals surface area (Å²) in [5, 5.41) is 3.47. The van der Waals surface area contributed by atoms with Crippen LogP contribution in [-0.2, 0) is 6.42 Å². The van der Waals surface area contributed by atoms with Crippen molar-refractivity contribution < 1.29 is 4.39 Å². The van der Waals surface area contributed by atoms with Gasteiger partial charge in [0.2, 0.25) is 0 Å². The van der Waals surface area contributed by atoms with Gasteiger partial charge in [0.05, 0.1) is 0 Å². The molecule has 1 N–H and O–H groups in total. The summed E-state index contributed by atoms with van der Waals surface area (Å²) in [7, 11) is 0. The molecular weight excluding hydrogens is 293 g/mol. The van der Waals surface area contributed by atoms with Crippen LogP contribution in [0.25, 0.3) is 0 Å². The van der Waals surface area contributed by atoms with Crippen molar-refractivity contribution in [2.45, 2.75) is 40.2 Å². The fourth-order valence-corrected chi connectivity index (χ4v) is 2.83. The van der Waals surface area contributed by atoms with E-state index in [4.69, 9.17) is 0 Å². The summed E-state index contributed by atoms with van der Waals surface area (Å²) in [6, 6.07) is 5.36. The molecule has 0 bridgehead atoms. The minimum atomic E-state index is -0.160. The third-order valence-electron chi connectivity index (χ3n) is 3.49. The number of hydrogen-bond donors (Lipinski definition) is 1. The Morgan fingerprint density at radius 3 is 2.50 bits per heavy atom. The van der Waals surface area contributed by atoms with Crippen LogP contribution < -0.4 is 5.32 Å². The van der Waals surface area contributed by atoms with Gasteiger partial charge in [0, 0.05) is 10.5 Å². The van der Waals surface area contributed by atoms with Crippen molar-refractivity contribution in [2.75, 3.05) is 6.54 Å². The highest BCUT2D eigenvalue weighted by Crippen LogP contribution is 2.26. The SMILES string of the molecule is CCNC(C)C(Cc1cc(F)ccc1Br)C(C)C. The van der Waals surface area contributed by atoms with Gasteiger partial charge in [0.25, 0.3) is 0 Å². The molecule has 1 aromatic carbocycles. The van der Waals surface area contributed by atoms with Gasteiger partial charge in [0.1, 0.15) is 5.82 Å². The molecule has 18 heavy (non-hydrogen) atoms. The Hall–Kier alpha value is -0.410. The second-order valence-corrected chi connectivity index (χ2v) is 6.05. The molecular formula is C15H23BrFN. The van der Waals surface area contributed by atoms with Crippen LogP contribution in [0.15, 0.2) is 22.7 Å². The summed E-state index contributed by atoms with van der Waals surface area (Å²) >= 11 is 3.51. The maximum atomic E-state index is 13.3. The number of nitrogens with one attached hydrogen (secondary N) is 1. The van der Waals surface area contributed by atoms with Gasteiger partial charge in [-0.25, -0.2) is 4.39 Å². The quantitative estimate of drug-likeness (QED) is 0.820. The molecule has 2 atom stereocenters. The zero-order chi connectivity index (χ0) is 13.7. The Kier molecular flexibility index (Phi) is 6.30. The first kappa shape index (κ1) is 15.6. The molecule has 2 unspecified atom stereocenters. The summed E-state index contributed by atoms with van der Waals surface area (Å²) in [5.74, 6) is 0.907. The van der Waals surface area contributed by atoms with E-state index in [1.54, 1.807) is 12.1 Å². The van der Waals surface area contributed by atoms with E-state index >= 15 is 0 Å². The molecule has 0 fully saturated rings. The lowest BCUT2D eigenvalue weighted by Gasteiger charge is -2.28. The fourth-order valence-electron chi connectivity index (χ4n) is 2.42. The Morgan fingerprint density at radius 2 is 1.94 bits per heavy atom. The molecule has 0 amide bonds. The number of rotatable bonds is 6. The molecule has 1 aromatic rings. The predicted octanol–water partition coefficient (Wildman–Crippen LogP) is 4.40. The average molecular weight is 316 g/mol. The third-order valence-corrected chi connectivity index (χ3v) is 4.26. The van der Waals surface area contributed by atoms with E-state index in [-0.39, 0.29) is 5.82 Å². The number of halogens is 2. The average Bonchev–Trinajstić information content (AvgIpc) is 2.30. The molecule has 0 aromatic heterocycles. The molecule has 0 aliphatic heterocycles. The topological polar surface area (TPSA) is 12.0 Å². The lowest BCUT2D eigenvalue weighted by molar-refractivity contribution is 0.291. The highest BCUT2D eigenvalue weighted by molar-refractivity contribution is 9.10. The standard InChI is InChI=1S/C15H23BrFN/c1-5-18-11(4)14(10(2)3)9-12-8-13(17)6-7-15(12)16/h6-8,10-11,14,18H,5,9H2,1-4H3. The van der Waals surface area contributed by atoms with Crippen molar-refractivity contribution in [2.24, 2.45) is 11.8 Å². The Labute approximate surface area is 118 Å². The molecule has 1 rings (SSSR count). The van der Waals surface area contributed by atoms with Gasteiger partial charge in [-0.2, -0.15) is 0 Å². The van der Waals surface area contributed by atoms with Crippen LogP contribution in [0.4, 0.5) is 4.39 Å². The molecule has 0 aliphatic carbocycles. The van der Waals surface area contributed by atoms with Crippen LogP contribution in [0, 0.1) is 17.7 Å². The molecule has 0 saturated carbocycles. The highest BCUT2D eigenvalue weighted by Gasteiger charge is 2.21. The first-order chi connectivity index (χ1) is 8.45. The van der Waals surface area contributed by atoms with Crippen LogP contribution in [0.5, 0.6) is 0 Å². The van der Waals surface area contributed by atoms with Crippen LogP contribution in [0.1, 0.15) is 33.3 Å². The first-order valence-electron chi connectivity index (χ1n) is 6.63. The van der Waals surface area contributed by atoms with E-state index in [2.05, 4.69) is 48.9 Å². The van der Waals surface area contributed by atoms with Gasteiger partial charge < -0.3 is 5.32 Å². The largest absolute Gasteiger partial charge is 0.314 e. The smallest absolute Gasteiger partial charge is 0.123 e. The molecule has 0 aliphatic rings. The van der Waals surface area contributed by atoms with E-state index in [0.29, 0.717) is 17.9 Å². The minimum absolute atomic E-state index is 0.160. The summed E-state index contributed by atoms with van der Waals surface area (Å²) in [6.07, 6.45) is 0.893. The summed E-state index contributed by atoms with van der Waals surface area (Å²) in [4.78, 5) is 0. The van der Waals surface area contributed by atoms with E-state index < -0.39 is 0 Å². The van der Waals surface area contributed by atoms with Crippen LogP contribution >= 0.6 is 15.9 Å². The lowest BCUT2D eigenvalue weighted by Crippen LogP contribution is -2.37. The minimum Gasteiger partial charge on any atom is -0.314 e. The van der Waals surface area contributed by atoms with Crippen LogP contribution in [-0.4, -0.2) is 12.6 Å². The van der Waals surface area contributed by atoms with Gasteiger partial charge in [-0.3, -0.25) is 0 Å². The fraction of sp³-hybridized carbons (Fsp3) is 0.600. The van der Waals surface area contributed by atoms with Gasteiger partial charge >= 0.3 is 0 Å². The first-order valence-corrected chi connectivity index (χ1v) is 7.42. The van der Waals surface area contributed by atoms with Gasteiger partial charge in [0.15, 0.2) is 0 Å². The molecule has 1 nitrogen and oxygen atoms in total. The number of benzene rings is 1. The maximum absolute atomic E-state index is 13.3. The van der Waals surface area contributed by atoms with Crippen molar-refractivity contribution in [1.82, 2.24) is 5.32 Å². The second-order valence-electron chi connectivity index (χ2n) is 5.19. The molecule has 0 spiro atoms. The van der Waals surface area contributed by atoms with Crippen molar-refractivity contribution in [3.05, 3.63) is 34.1 Å². The molecule has 3 heteroatoms. The molecule has 102 valence electrons. The maximum Gasteiger partial charge on any atom is 0.123 e. The van der Waals surface area contributed by atoms with Gasteiger partial charge in [-0.05, 0) is 55.5 Å². The van der Waals surface area contributed by atoms with Crippen molar-refractivity contribution >= 4 is 15.9 Å². The van der Waals surface area contributed by atoms with Gasteiger partial charge in [-0.15, -0.1) is 0 Å². The second kappa shape index (κ2) is 7.25. The summed E-state index contributed by atoms with van der Waals surface area (Å²) < 4.78 is 14.3. The molecule has 0 radical (unpaired) electrons. The monoisotopic (exact) mass is 315 g/mol. The van der Waals surface area contributed by atoms with Crippen LogP contribution in [0.2, 0.25) is 0 Å². The van der Waals surface area contributed by atoms with E-state index in [0.717, 1.165) is 23.0 Å². The lowest BCUT2D eigenvalue weighted by atomic mass is 9.84. The molecule has 0 saturated heterocycles. The van der Waals surface area contributed by atoms with Crippen molar-refractivity contribution in [1.29, 1.82) is 0 Å². The van der Waals surface area contributed by atoms with Crippen molar-refractivity contribution in [3.63, 3.8) is 0 Å². The zero-order valence-electron chi connectivity index (χ0n) is 11.6. The van der Waals surface area contributed by atoms with Gasteiger partial charge in [-0.1, -0.05) is 36.7 Å². The third kappa shape index (κ3) is 4.36. The predicted molar refractivity (Wildman–Crippen MR) is 79.3 cm³/mol. The summed E-state index contributed by atoms with van der Waals surface area (Å²) in [5.41, 5.74) is 1.05. The Morgan fingerprint density at radius 1 is 1.28 bits per heavy atom. The van der Waals surface area contributed by atoms with E-state index in [9.17, 15) is 4.39 Å². The van der Waals surface area contributed by atoms with E-state index in [1.807, 2.05) is 0 Å². The Balaban J connectivity index is 2.86. The number of hydrogen-bond acceptors (Lipinski definition) is 1. The van der Waals surface area contributed by atoms with E-state index in [1.165, 1.54) is 6.07 Å². The van der Waals surface area contributed by atoms with Crippen molar-refractivity contribution in [3.8, 4) is 0 Å². The summed E-state index contributed by atoms with van der Waals surface area (Å²) in [6.45, 7) is 9.75. The zero-order valence-corrected chi connectivity index (χ0v) is 13.2.